The maximum atomic E-state index is 12.6. The fraction of sp³-hybridized carbons (Fsp3) is 0.423. The lowest BCUT2D eigenvalue weighted by molar-refractivity contribution is -0.127. The van der Waals surface area contributed by atoms with Crippen LogP contribution in [0.2, 0.25) is 0 Å². The van der Waals surface area contributed by atoms with Crippen molar-refractivity contribution in [1.82, 2.24) is 15.5 Å². The van der Waals surface area contributed by atoms with Crippen molar-refractivity contribution >= 4 is 5.91 Å². The molecule has 1 aliphatic rings. The Balaban J connectivity index is 1.34. The van der Waals surface area contributed by atoms with Crippen LogP contribution in [0.1, 0.15) is 63.1 Å². The van der Waals surface area contributed by atoms with Crippen LogP contribution in [0.5, 0.6) is 5.75 Å². The normalized spacial score (nSPS) is 14.5. The van der Waals surface area contributed by atoms with E-state index >= 15 is 0 Å². The molecule has 0 aliphatic heterocycles. The number of nitrogens with zero attached hydrogens (tertiary/aromatic N) is 2. The lowest BCUT2D eigenvalue weighted by Gasteiger charge is -2.21. The summed E-state index contributed by atoms with van der Waals surface area (Å²) in [5, 5.41) is 6.88. The Morgan fingerprint density at radius 3 is 2.62 bits per heavy atom. The van der Waals surface area contributed by atoms with E-state index in [1.807, 2.05) is 24.3 Å². The number of nitrogens with one attached hydrogen (secondary N) is 1. The Labute approximate surface area is 189 Å². The van der Waals surface area contributed by atoms with E-state index in [0.717, 1.165) is 30.6 Å². The number of ether oxygens (including phenoxy) is 1. The van der Waals surface area contributed by atoms with Gasteiger partial charge in [0.15, 0.2) is 6.10 Å². The number of amides is 1. The van der Waals surface area contributed by atoms with E-state index in [2.05, 4.69) is 54.4 Å². The van der Waals surface area contributed by atoms with Gasteiger partial charge in [-0.2, -0.15) is 4.98 Å². The zero-order valence-electron chi connectivity index (χ0n) is 19.3. The molecule has 1 atom stereocenters. The molecule has 0 fully saturated rings. The van der Waals surface area contributed by atoms with Gasteiger partial charge in [0.25, 0.3) is 5.91 Å². The molecular weight excluding hydrogens is 402 g/mol. The molecular formula is C26H31N3O3. The molecule has 1 aromatic heterocycles. The molecule has 0 bridgehead atoms. The number of aryl methyl sites for hydroxylation is 1. The standard InChI is InChI=1S/C26H31N3O3/c1-17(31-22-11-7-9-18-8-5-6-10-21(18)22)25(30)27-16-23-28-24(29-32-23)19-12-14-20(15-13-19)26(2,3)4/h7,9,11-15,17H,5-6,8,10,16H2,1-4H3,(H,27,30). The molecule has 3 aromatic rings. The highest BCUT2D eigenvalue weighted by Gasteiger charge is 2.20. The van der Waals surface area contributed by atoms with Crippen LogP contribution < -0.4 is 10.1 Å². The van der Waals surface area contributed by atoms with Crippen LogP contribution >= 0.6 is 0 Å². The molecule has 1 amide bonds. The summed E-state index contributed by atoms with van der Waals surface area (Å²) in [6.45, 7) is 8.44. The molecule has 1 aliphatic carbocycles. The van der Waals surface area contributed by atoms with Gasteiger partial charge in [-0.15, -0.1) is 0 Å². The molecule has 4 rings (SSSR count). The second-order valence-corrected chi connectivity index (χ2v) is 9.42. The fourth-order valence-electron chi connectivity index (χ4n) is 3.97. The number of carbonyl (C=O) groups is 1. The summed E-state index contributed by atoms with van der Waals surface area (Å²) in [4.78, 5) is 17.0. The molecule has 1 unspecified atom stereocenters. The third kappa shape index (κ3) is 5.01. The highest BCUT2D eigenvalue weighted by atomic mass is 16.5. The van der Waals surface area contributed by atoms with Crippen LogP contribution in [0.25, 0.3) is 11.4 Å². The van der Waals surface area contributed by atoms with Gasteiger partial charge >= 0.3 is 0 Å². The van der Waals surface area contributed by atoms with Crippen molar-refractivity contribution in [1.29, 1.82) is 0 Å². The van der Waals surface area contributed by atoms with Crippen LogP contribution in [0.4, 0.5) is 0 Å². The van der Waals surface area contributed by atoms with Crippen LogP contribution in [0.3, 0.4) is 0 Å². The zero-order chi connectivity index (χ0) is 22.7. The summed E-state index contributed by atoms with van der Waals surface area (Å²) in [6.07, 6.45) is 3.83. The average molecular weight is 434 g/mol. The van der Waals surface area contributed by atoms with Crippen molar-refractivity contribution in [3.63, 3.8) is 0 Å². The topological polar surface area (TPSA) is 77.2 Å². The highest BCUT2D eigenvalue weighted by Crippen LogP contribution is 2.30. The minimum atomic E-state index is -0.615. The predicted octanol–water partition coefficient (Wildman–Crippen LogP) is 5.00. The van der Waals surface area contributed by atoms with Gasteiger partial charge in [-0.25, -0.2) is 0 Å². The Kier molecular flexibility index (Phi) is 6.31. The molecule has 0 spiro atoms. The van der Waals surface area contributed by atoms with Gasteiger partial charge in [-0.1, -0.05) is 62.3 Å². The summed E-state index contributed by atoms with van der Waals surface area (Å²) < 4.78 is 11.3. The second kappa shape index (κ2) is 9.15. The Morgan fingerprint density at radius 1 is 1.12 bits per heavy atom. The van der Waals surface area contributed by atoms with Crippen molar-refractivity contribution < 1.29 is 14.1 Å². The first-order valence-electron chi connectivity index (χ1n) is 11.3. The van der Waals surface area contributed by atoms with Crippen molar-refractivity contribution in [3.05, 3.63) is 65.0 Å². The fourth-order valence-corrected chi connectivity index (χ4v) is 3.97. The van der Waals surface area contributed by atoms with Crippen molar-refractivity contribution in [2.75, 3.05) is 0 Å². The summed E-state index contributed by atoms with van der Waals surface area (Å²) in [7, 11) is 0. The minimum Gasteiger partial charge on any atom is -0.481 e. The molecule has 0 saturated heterocycles. The highest BCUT2D eigenvalue weighted by molar-refractivity contribution is 5.80. The van der Waals surface area contributed by atoms with E-state index in [1.165, 1.54) is 23.1 Å². The molecule has 0 radical (unpaired) electrons. The van der Waals surface area contributed by atoms with Gasteiger partial charge in [-0.05, 0) is 60.8 Å². The van der Waals surface area contributed by atoms with E-state index in [1.54, 1.807) is 6.92 Å². The largest absolute Gasteiger partial charge is 0.481 e. The number of fused-ring (bicyclic) bond motifs is 1. The Morgan fingerprint density at radius 2 is 1.88 bits per heavy atom. The third-order valence-corrected chi connectivity index (χ3v) is 5.92. The Hall–Kier alpha value is -3.15. The van der Waals surface area contributed by atoms with E-state index in [0.29, 0.717) is 11.7 Å². The summed E-state index contributed by atoms with van der Waals surface area (Å²) >= 11 is 0. The SMILES string of the molecule is CC(Oc1cccc2c1CCCC2)C(=O)NCc1nc(-c2ccc(C(C)(C)C)cc2)no1. The lowest BCUT2D eigenvalue weighted by atomic mass is 9.87. The van der Waals surface area contributed by atoms with Gasteiger partial charge in [0.2, 0.25) is 11.7 Å². The first-order chi connectivity index (χ1) is 15.3. The number of benzene rings is 2. The first kappa shape index (κ1) is 22.1. The maximum Gasteiger partial charge on any atom is 0.261 e. The van der Waals surface area contributed by atoms with Crippen molar-refractivity contribution in [2.24, 2.45) is 0 Å². The molecule has 1 N–H and O–H groups in total. The van der Waals surface area contributed by atoms with Crippen molar-refractivity contribution in [3.8, 4) is 17.1 Å². The predicted molar refractivity (Wildman–Crippen MR) is 123 cm³/mol. The number of rotatable bonds is 6. The van der Waals surface area contributed by atoms with E-state index < -0.39 is 6.10 Å². The van der Waals surface area contributed by atoms with E-state index in [4.69, 9.17) is 9.26 Å². The van der Waals surface area contributed by atoms with Crippen LogP contribution in [0.15, 0.2) is 47.0 Å². The van der Waals surface area contributed by atoms with Gasteiger partial charge in [0.05, 0.1) is 6.54 Å². The summed E-state index contributed by atoms with van der Waals surface area (Å²) in [5.74, 6) is 1.46. The molecule has 32 heavy (non-hydrogen) atoms. The quantitative estimate of drug-likeness (QED) is 0.592. The Bertz CT molecular complexity index is 1080. The number of aromatic nitrogens is 2. The van der Waals surface area contributed by atoms with Crippen LogP contribution in [-0.4, -0.2) is 22.2 Å². The summed E-state index contributed by atoms with van der Waals surface area (Å²) in [6, 6.07) is 14.2. The molecule has 6 heteroatoms. The van der Waals surface area contributed by atoms with Crippen LogP contribution in [-0.2, 0) is 29.6 Å². The zero-order valence-corrected chi connectivity index (χ0v) is 19.3. The smallest absolute Gasteiger partial charge is 0.261 e. The third-order valence-electron chi connectivity index (χ3n) is 5.92. The van der Waals surface area contributed by atoms with Gasteiger partial charge in [0.1, 0.15) is 5.75 Å². The monoisotopic (exact) mass is 433 g/mol. The van der Waals surface area contributed by atoms with E-state index in [-0.39, 0.29) is 17.9 Å². The van der Waals surface area contributed by atoms with Gasteiger partial charge < -0.3 is 14.6 Å². The minimum absolute atomic E-state index is 0.0863. The van der Waals surface area contributed by atoms with E-state index in [9.17, 15) is 4.79 Å². The summed E-state index contributed by atoms with van der Waals surface area (Å²) in [5.41, 5.74) is 4.77. The van der Waals surface area contributed by atoms with Gasteiger partial charge in [0, 0.05) is 5.56 Å². The second-order valence-electron chi connectivity index (χ2n) is 9.42. The number of hydrogen-bond acceptors (Lipinski definition) is 5. The van der Waals surface area contributed by atoms with Gasteiger partial charge in [-0.3, -0.25) is 4.79 Å². The number of hydrogen-bond donors (Lipinski definition) is 1. The average Bonchev–Trinajstić information content (AvgIpc) is 3.26. The van der Waals surface area contributed by atoms with Crippen LogP contribution in [0, 0.1) is 0 Å². The molecule has 1 heterocycles. The lowest BCUT2D eigenvalue weighted by Crippen LogP contribution is -2.36. The molecule has 2 aromatic carbocycles. The molecule has 0 saturated carbocycles. The molecule has 6 nitrogen and oxygen atoms in total. The molecule has 168 valence electrons. The maximum absolute atomic E-state index is 12.6. The number of carbonyl (C=O) groups excluding carboxylic acids is 1. The first-order valence-corrected chi connectivity index (χ1v) is 11.3. The van der Waals surface area contributed by atoms with Crippen molar-refractivity contribution in [2.45, 2.75) is 71.4 Å².